The van der Waals surface area contributed by atoms with Crippen molar-refractivity contribution in [2.24, 2.45) is 0 Å². The summed E-state index contributed by atoms with van der Waals surface area (Å²) in [6.07, 6.45) is 2.32. The minimum Gasteiger partial charge on any atom is -0.381 e. The van der Waals surface area contributed by atoms with Gasteiger partial charge in [0.1, 0.15) is 0 Å². The van der Waals surface area contributed by atoms with Crippen LogP contribution in [0.4, 0.5) is 0 Å². The number of sulfonamides is 1. The first-order valence-electron chi connectivity index (χ1n) is 4.75. The molecule has 1 aliphatic rings. The highest BCUT2D eigenvalue weighted by atomic mass is 32.2. The van der Waals surface area contributed by atoms with Crippen LogP contribution in [0.2, 0.25) is 0 Å². The van der Waals surface area contributed by atoms with E-state index in [1.54, 1.807) is 7.11 Å². The first-order valence-corrected chi connectivity index (χ1v) is 6.40. The van der Waals surface area contributed by atoms with Crippen LogP contribution in [-0.2, 0) is 14.8 Å². The van der Waals surface area contributed by atoms with Crippen LogP contribution in [0.25, 0.3) is 0 Å². The number of hydrogen-bond acceptors (Lipinski definition) is 4. The normalized spacial score (nSPS) is 27.3. The van der Waals surface area contributed by atoms with E-state index in [9.17, 15) is 8.42 Å². The van der Waals surface area contributed by atoms with E-state index >= 15 is 0 Å². The van der Waals surface area contributed by atoms with Crippen LogP contribution in [0.5, 0.6) is 0 Å². The predicted molar refractivity (Wildman–Crippen MR) is 54.7 cm³/mol. The van der Waals surface area contributed by atoms with Gasteiger partial charge in [0.05, 0.1) is 11.9 Å². The highest BCUT2D eigenvalue weighted by Gasteiger charge is 2.28. The SMILES string of the molecule is CNS(=O)(=O)CCNC1CC(OC)C1. The summed E-state index contributed by atoms with van der Waals surface area (Å²) in [5, 5.41) is 3.17. The fourth-order valence-electron chi connectivity index (χ4n) is 1.42. The minimum absolute atomic E-state index is 0.137. The Kier molecular flexibility index (Phi) is 4.31. The second kappa shape index (κ2) is 5.06. The van der Waals surface area contributed by atoms with Crippen molar-refractivity contribution in [1.29, 1.82) is 0 Å². The molecule has 0 bridgehead atoms. The number of rotatable bonds is 6. The van der Waals surface area contributed by atoms with Gasteiger partial charge in [0.2, 0.25) is 10.0 Å². The van der Waals surface area contributed by atoms with Crippen molar-refractivity contribution in [3.05, 3.63) is 0 Å². The Morgan fingerprint density at radius 2 is 2.07 bits per heavy atom. The van der Waals surface area contributed by atoms with Crippen molar-refractivity contribution in [3.8, 4) is 0 Å². The summed E-state index contributed by atoms with van der Waals surface area (Å²) in [4.78, 5) is 0. The maximum absolute atomic E-state index is 11.0. The number of ether oxygens (including phenoxy) is 1. The average molecular weight is 222 g/mol. The van der Waals surface area contributed by atoms with Crippen molar-refractivity contribution in [2.75, 3.05) is 26.5 Å². The average Bonchev–Trinajstić information content (AvgIpc) is 2.09. The molecule has 2 N–H and O–H groups in total. The van der Waals surface area contributed by atoms with E-state index in [0.717, 1.165) is 12.8 Å². The van der Waals surface area contributed by atoms with Gasteiger partial charge in [-0.3, -0.25) is 0 Å². The largest absolute Gasteiger partial charge is 0.381 e. The van der Waals surface area contributed by atoms with Gasteiger partial charge in [-0.1, -0.05) is 0 Å². The topological polar surface area (TPSA) is 67.4 Å². The van der Waals surface area contributed by atoms with E-state index in [0.29, 0.717) is 18.7 Å². The molecule has 0 spiro atoms. The molecule has 5 nitrogen and oxygen atoms in total. The summed E-state index contributed by atoms with van der Waals surface area (Å²) in [6, 6.07) is 0.423. The van der Waals surface area contributed by atoms with Crippen molar-refractivity contribution in [1.82, 2.24) is 10.0 Å². The molecule has 0 aliphatic heterocycles. The van der Waals surface area contributed by atoms with Gasteiger partial charge in [-0.25, -0.2) is 13.1 Å². The van der Waals surface area contributed by atoms with E-state index in [1.165, 1.54) is 7.05 Å². The standard InChI is InChI=1S/C8H18N2O3S/c1-9-14(11,12)4-3-10-7-5-8(6-7)13-2/h7-10H,3-6H2,1-2H3. The maximum Gasteiger partial charge on any atom is 0.212 e. The Balaban J connectivity index is 2.06. The lowest BCUT2D eigenvalue weighted by Crippen LogP contribution is -2.46. The number of hydrogen-bond donors (Lipinski definition) is 2. The van der Waals surface area contributed by atoms with E-state index in [1.807, 2.05) is 0 Å². The monoisotopic (exact) mass is 222 g/mol. The molecular formula is C8H18N2O3S. The highest BCUT2D eigenvalue weighted by molar-refractivity contribution is 7.89. The minimum atomic E-state index is -3.06. The Labute approximate surface area is 85.3 Å². The molecule has 0 atom stereocenters. The lowest BCUT2D eigenvalue weighted by Gasteiger charge is -2.34. The molecule has 0 saturated heterocycles. The molecule has 0 unspecified atom stereocenters. The van der Waals surface area contributed by atoms with Gasteiger partial charge >= 0.3 is 0 Å². The van der Waals surface area contributed by atoms with Gasteiger partial charge in [-0.2, -0.15) is 0 Å². The summed E-state index contributed by atoms with van der Waals surface area (Å²) in [5.41, 5.74) is 0. The maximum atomic E-state index is 11.0. The fourth-order valence-corrected chi connectivity index (χ4v) is 2.01. The number of nitrogens with one attached hydrogen (secondary N) is 2. The van der Waals surface area contributed by atoms with Gasteiger partial charge in [-0.05, 0) is 19.9 Å². The van der Waals surface area contributed by atoms with Crippen molar-refractivity contribution in [2.45, 2.75) is 25.0 Å². The summed E-state index contributed by atoms with van der Waals surface area (Å²) < 4.78 is 29.5. The third-order valence-electron chi connectivity index (χ3n) is 2.54. The summed E-state index contributed by atoms with van der Waals surface area (Å²) >= 11 is 0. The number of methoxy groups -OCH3 is 1. The van der Waals surface area contributed by atoms with Gasteiger partial charge in [0, 0.05) is 19.7 Å². The van der Waals surface area contributed by atoms with Crippen LogP contribution in [0, 0.1) is 0 Å². The Bertz CT molecular complexity index is 260. The predicted octanol–water partition coefficient (Wildman–Crippen LogP) is -0.697. The van der Waals surface area contributed by atoms with E-state index < -0.39 is 10.0 Å². The molecule has 1 fully saturated rings. The zero-order valence-electron chi connectivity index (χ0n) is 8.62. The van der Waals surface area contributed by atoms with Gasteiger partial charge in [-0.15, -0.1) is 0 Å². The van der Waals surface area contributed by atoms with E-state index in [-0.39, 0.29) is 5.75 Å². The van der Waals surface area contributed by atoms with Crippen molar-refractivity contribution >= 4 is 10.0 Å². The van der Waals surface area contributed by atoms with Gasteiger partial charge in [0.15, 0.2) is 0 Å². The second-order valence-corrected chi connectivity index (χ2v) is 5.55. The van der Waals surface area contributed by atoms with Crippen LogP contribution in [-0.4, -0.2) is 47.0 Å². The fraction of sp³-hybridized carbons (Fsp3) is 1.00. The molecular weight excluding hydrogens is 204 g/mol. The van der Waals surface area contributed by atoms with E-state index in [4.69, 9.17) is 4.74 Å². The van der Waals surface area contributed by atoms with Crippen molar-refractivity contribution < 1.29 is 13.2 Å². The lowest BCUT2D eigenvalue weighted by atomic mass is 9.89. The zero-order valence-corrected chi connectivity index (χ0v) is 9.43. The van der Waals surface area contributed by atoms with Crippen LogP contribution in [0.3, 0.4) is 0 Å². The molecule has 0 radical (unpaired) electrons. The molecule has 0 aromatic heterocycles. The zero-order chi connectivity index (χ0) is 10.6. The molecule has 0 heterocycles. The van der Waals surface area contributed by atoms with Crippen LogP contribution in [0.1, 0.15) is 12.8 Å². The quantitative estimate of drug-likeness (QED) is 0.624. The van der Waals surface area contributed by atoms with Crippen LogP contribution < -0.4 is 10.0 Å². The molecule has 1 aliphatic carbocycles. The molecule has 0 aromatic rings. The van der Waals surface area contributed by atoms with Gasteiger partial charge < -0.3 is 10.1 Å². The highest BCUT2D eigenvalue weighted by Crippen LogP contribution is 2.21. The molecule has 0 aromatic carbocycles. The molecule has 0 amide bonds. The second-order valence-electron chi connectivity index (χ2n) is 3.50. The summed E-state index contributed by atoms with van der Waals surface area (Å²) in [5.74, 6) is 0.137. The van der Waals surface area contributed by atoms with Crippen LogP contribution in [0.15, 0.2) is 0 Å². The molecule has 84 valence electrons. The molecule has 6 heteroatoms. The Hall–Kier alpha value is -0.170. The molecule has 14 heavy (non-hydrogen) atoms. The third-order valence-corrected chi connectivity index (χ3v) is 3.91. The van der Waals surface area contributed by atoms with E-state index in [2.05, 4.69) is 10.0 Å². The van der Waals surface area contributed by atoms with Gasteiger partial charge in [0.25, 0.3) is 0 Å². The Morgan fingerprint density at radius 1 is 1.43 bits per heavy atom. The lowest BCUT2D eigenvalue weighted by molar-refractivity contribution is 0.0181. The third kappa shape index (κ3) is 3.53. The Morgan fingerprint density at radius 3 is 2.57 bits per heavy atom. The summed E-state index contributed by atoms with van der Waals surface area (Å²) in [6.45, 7) is 0.504. The smallest absolute Gasteiger partial charge is 0.212 e. The molecule has 1 saturated carbocycles. The summed E-state index contributed by atoms with van der Waals surface area (Å²) in [7, 11) is 0.0688. The first kappa shape index (κ1) is 11.9. The van der Waals surface area contributed by atoms with Crippen LogP contribution >= 0.6 is 0 Å². The first-order chi connectivity index (χ1) is 6.57. The molecule has 1 rings (SSSR count). The van der Waals surface area contributed by atoms with Crippen molar-refractivity contribution in [3.63, 3.8) is 0 Å².